The number of rotatable bonds is 2. The summed E-state index contributed by atoms with van der Waals surface area (Å²) in [5.41, 5.74) is 3.56. The maximum absolute atomic E-state index is 12.0. The van der Waals surface area contributed by atoms with Crippen molar-refractivity contribution in [3.8, 4) is 0 Å². The molecule has 1 unspecified atom stereocenters. The molecule has 104 valence electrons. The highest BCUT2D eigenvalue weighted by Gasteiger charge is 2.25. The maximum atomic E-state index is 12.0. The third-order valence-electron chi connectivity index (χ3n) is 4.85. The van der Waals surface area contributed by atoms with Crippen LogP contribution in [0.4, 0.5) is 0 Å². The molecule has 1 aliphatic heterocycles. The zero-order chi connectivity index (χ0) is 13.4. The van der Waals surface area contributed by atoms with Gasteiger partial charge in [-0.1, -0.05) is 6.42 Å². The molecule has 1 aromatic rings. The molecule has 0 saturated carbocycles. The minimum absolute atomic E-state index is 0.347. The summed E-state index contributed by atoms with van der Waals surface area (Å²) in [6.07, 6.45) is 6.79. The van der Waals surface area contributed by atoms with Crippen LogP contribution < -0.4 is 0 Å². The molecule has 2 heterocycles. The lowest BCUT2D eigenvalue weighted by Crippen LogP contribution is -2.39. The van der Waals surface area contributed by atoms with Gasteiger partial charge in [0.1, 0.15) is 0 Å². The topological polar surface area (TPSA) is 25.2 Å². The number of Topliss-reactive ketones (excluding diaryl/α,β-unsaturated/α-hetero) is 1. The van der Waals surface area contributed by atoms with Gasteiger partial charge < -0.3 is 9.47 Å². The van der Waals surface area contributed by atoms with Crippen LogP contribution in [0.25, 0.3) is 0 Å². The van der Waals surface area contributed by atoms with Crippen molar-refractivity contribution in [2.24, 2.45) is 0 Å². The number of hydrogen-bond acceptors (Lipinski definition) is 2. The molecule has 0 aromatic carbocycles. The van der Waals surface area contributed by atoms with Crippen LogP contribution in [-0.2, 0) is 13.0 Å². The van der Waals surface area contributed by atoms with Gasteiger partial charge in [-0.3, -0.25) is 4.79 Å². The monoisotopic (exact) mass is 260 g/mol. The van der Waals surface area contributed by atoms with Crippen molar-refractivity contribution in [3.63, 3.8) is 0 Å². The van der Waals surface area contributed by atoms with E-state index in [1.807, 2.05) is 0 Å². The zero-order valence-corrected chi connectivity index (χ0v) is 12.1. The Morgan fingerprint density at radius 1 is 1.26 bits per heavy atom. The largest absolute Gasteiger partial charge is 0.347 e. The Balaban J connectivity index is 1.86. The van der Waals surface area contributed by atoms with Crippen molar-refractivity contribution in [2.45, 2.75) is 58.0 Å². The smallest absolute Gasteiger partial charge is 0.164 e. The van der Waals surface area contributed by atoms with Gasteiger partial charge >= 0.3 is 0 Å². The number of aryl methyl sites for hydroxylation is 1. The number of piperidine rings is 1. The second-order valence-electron chi connectivity index (χ2n) is 6.16. The summed E-state index contributed by atoms with van der Waals surface area (Å²) < 4.78 is 2.42. The van der Waals surface area contributed by atoms with E-state index in [1.54, 1.807) is 0 Å². The standard InChI is InChI=1S/C16H24N2O/c1-12-10-14-15(7-5-8-16(14)19)18(12)11-13-6-3-4-9-17(13)2/h10,13H,3-9,11H2,1-2H3. The Hall–Kier alpha value is -1.09. The van der Waals surface area contributed by atoms with Gasteiger partial charge in [-0.05, 0) is 52.3 Å². The number of aromatic nitrogens is 1. The highest BCUT2D eigenvalue weighted by molar-refractivity contribution is 5.98. The second kappa shape index (κ2) is 5.12. The fourth-order valence-corrected chi connectivity index (χ4v) is 3.63. The maximum Gasteiger partial charge on any atom is 0.164 e. The molecule has 1 aliphatic carbocycles. The van der Waals surface area contributed by atoms with Crippen LogP contribution in [0.3, 0.4) is 0 Å². The van der Waals surface area contributed by atoms with Crippen molar-refractivity contribution in [1.29, 1.82) is 0 Å². The van der Waals surface area contributed by atoms with Crippen LogP contribution in [0.1, 0.15) is 53.8 Å². The number of carbonyl (C=O) groups excluding carboxylic acids is 1. The minimum Gasteiger partial charge on any atom is -0.347 e. The fraction of sp³-hybridized carbons (Fsp3) is 0.688. The summed E-state index contributed by atoms with van der Waals surface area (Å²) in [5.74, 6) is 0.347. The molecule has 0 bridgehead atoms. The highest BCUT2D eigenvalue weighted by atomic mass is 16.1. The summed E-state index contributed by atoms with van der Waals surface area (Å²) in [6.45, 7) is 4.42. The summed E-state index contributed by atoms with van der Waals surface area (Å²) in [6, 6.07) is 2.75. The summed E-state index contributed by atoms with van der Waals surface area (Å²) in [5, 5.41) is 0. The Bertz CT molecular complexity index is 489. The van der Waals surface area contributed by atoms with Gasteiger partial charge in [-0.15, -0.1) is 0 Å². The van der Waals surface area contributed by atoms with Crippen molar-refractivity contribution in [3.05, 3.63) is 23.0 Å². The lowest BCUT2D eigenvalue weighted by molar-refractivity contribution is 0.0971. The van der Waals surface area contributed by atoms with Crippen molar-refractivity contribution in [2.75, 3.05) is 13.6 Å². The average Bonchev–Trinajstić information content (AvgIpc) is 2.71. The van der Waals surface area contributed by atoms with Crippen LogP contribution in [0, 0.1) is 6.92 Å². The lowest BCUT2D eigenvalue weighted by atomic mass is 9.96. The van der Waals surface area contributed by atoms with E-state index >= 15 is 0 Å². The molecule has 1 atom stereocenters. The first-order valence-electron chi connectivity index (χ1n) is 7.59. The van der Waals surface area contributed by atoms with Crippen LogP contribution in [0.2, 0.25) is 0 Å². The highest BCUT2D eigenvalue weighted by Crippen LogP contribution is 2.27. The van der Waals surface area contributed by atoms with Gasteiger partial charge in [0.25, 0.3) is 0 Å². The zero-order valence-electron chi connectivity index (χ0n) is 12.1. The van der Waals surface area contributed by atoms with Gasteiger partial charge in [-0.2, -0.15) is 0 Å². The van der Waals surface area contributed by atoms with Gasteiger partial charge in [0.2, 0.25) is 0 Å². The van der Waals surface area contributed by atoms with Crippen LogP contribution in [-0.4, -0.2) is 34.9 Å². The molecule has 0 amide bonds. The second-order valence-corrected chi connectivity index (χ2v) is 6.16. The normalized spacial score (nSPS) is 24.5. The Morgan fingerprint density at radius 2 is 2.11 bits per heavy atom. The van der Waals surface area contributed by atoms with E-state index < -0.39 is 0 Å². The van der Waals surface area contributed by atoms with Gasteiger partial charge in [0.15, 0.2) is 5.78 Å². The van der Waals surface area contributed by atoms with Crippen molar-refractivity contribution >= 4 is 5.78 Å². The molecule has 0 spiro atoms. The predicted molar refractivity (Wildman–Crippen MR) is 76.7 cm³/mol. The molecule has 0 N–H and O–H groups in total. The Labute approximate surface area is 115 Å². The van der Waals surface area contributed by atoms with E-state index in [2.05, 4.69) is 29.5 Å². The van der Waals surface area contributed by atoms with Crippen LogP contribution in [0.15, 0.2) is 6.07 Å². The molecule has 0 radical (unpaired) electrons. The quantitative estimate of drug-likeness (QED) is 0.817. The van der Waals surface area contributed by atoms with Crippen molar-refractivity contribution < 1.29 is 4.79 Å². The Morgan fingerprint density at radius 3 is 2.89 bits per heavy atom. The fourth-order valence-electron chi connectivity index (χ4n) is 3.63. The lowest BCUT2D eigenvalue weighted by Gasteiger charge is -2.33. The van der Waals surface area contributed by atoms with E-state index in [9.17, 15) is 4.79 Å². The molecule has 1 aromatic heterocycles. The number of nitrogens with zero attached hydrogens (tertiary/aromatic N) is 2. The van der Waals surface area contributed by atoms with E-state index in [-0.39, 0.29) is 0 Å². The number of fused-ring (bicyclic) bond motifs is 1. The number of hydrogen-bond donors (Lipinski definition) is 0. The number of ketones is 1. The SMILES string of the molecule is Cc1cc2c(n1CC1CCCCN1C)CCCC2=O. The number of likely N-dealkylation sites (N-methyl/N-ethyl adjacent to an activating group) is 1. The molecule has 2 aliphatic rings. The first kappa shape index (κ1) is 12.9. The summed E-state index contributed by atoms with van der Waals surface area (Å²) in [4.78, 5) is 14.5. The molecule has 1 saturated heterocycles. The number of likely N-dealkylation sites (tertiary alicyclic amines) is 1. The molecule has 19 heavy (non-hydrogen) atoms. The predicted octanol–water partition coefficient (Wildman–Crippen LogP) is 2.80. The van der Waals surface area contributed by atoms with Gasteiger partial charge in [0, 0.05) is 36.0 Å². The minimum atomic E-state index is 0.347. The van der Waals surface area contributed by atoms with Gasteiger partial charge in [-0.25, -0.2) is 0 Å². The molecule has 3 rings (SSSR count). The molecule has 3 heteroatoms. The molecule has 3 nitrogen and oxygen atoms in total. The first-order chi connectivity index (χ1) is 9.16. The van der Waals surface area contributed by atoms with E-state index in [0.717, 1.165) is 31.4 Å². The third kappa shape index (κ3) is 2.36. The van der Waals surface area contributed by atoms with Crippen molar-refractivity contribution in [1.82, 2.24) is 9.47 Å². The van der Waals surface area contributed by atoms with E-state index in [0.29, 0.717) is 11.8 Å². The summed E-state index contributed by atoms with van der Waals surface area (Å²) in [7, 11) is 2.24. The van der Waals surface area contributed by atoms with E-state index in [4.69, 9.17) is 0 Å². The van der Waals surface area contributed by atoms with Gasteiger partial charge in [0.05, 0.1) is 0 Å². The average molecular weight is 260 g/mol. The third-order valence-corrected chi connectivity index (χ3v) is 4.85. The Kier molecular flexibility index (Phi) is 3.48. The first-order valence-corrected chi connectivity index (χ1v) is 7.59. The molecular weight excluding hydrogens is 236 g/mol. The molecular formula is C16H24N2O. The summed E-state index contributed by atoms with van der Waals surface area (Å²) >= 11 is 0. The van der Waals surface area contributed by atoms with E-state index in [1.165, 1.54) is 37.2 Å². The van der Waals surface area contributed by atoms with Crippen LogP contribution >= 0.6 is 0 Å². The molecule has 1 fully saturated rings. The van der Waals surface area contributed by atoms with Crippen LogP contribution in [0.5, 0.6) is 0 Å². The number of carbonyl (C=O) groups is 1.